The molecule has 1 amide bonds. The van der Waals surface area contributed by atoms with Crippen molar-refractivity contribution in [1.29, 1.82) is 0 Å². The van der Waals surface area contributed by atoms with Gasteiger partial charge in [0.05, 0.1) is 21.3 Å². The van der Waals surface area contributed by atoms with Crippen molar-refractivity contribution in [2.45, 2.75) is 32.2 Å². The van der Waals surface area contributed by atoms with Crippen LogP contribution in [0, 0.1) is 0 Å². The Balaban J connectivity index is 1.47. The number of thiazole rings is 1. The van der Waals surface area contributed by atoms with E-state index in [1.165, 1.54) is 4.70 Å². The molecule has 1 atom stereocenters. The lowest BCUT2D eigenvalue weighted by molar-refractivity contribution is -0.121. The van der Waals surface area contributed by atoms with E-state index in [1.807, 2.05) is 37.3 Å². The lowest BCUT2D eigenvalue weighted by Gasteiger charge is -2.13. The Labute approximate surface area is 139 Å². The SMILES string of the molecule is C[C@H](NC(=O)CCCc1nc2ccccc2s1)c1ccncc1. The van der Waals surface area contributed by atoms with Crippen LogP contribution < -0.4 is 5.32 Å². The number of nitrogens with zero attached hydrogens (tertiary/aromatic N) is 2. The third-order valence-electron chi connectivity index (χ3n) is 3.72. The number of aromatic nitrogens is 2. The van der Waals surface area contributed by atoms with Crippen molar-refractivity contribution in [3.63, 3.8) is 0 Å². The number of para-hydroxylation sites is 1. The molecule has 2 heterocycles. The molecule has 4 nitrogen and oxygen atoms in total. The maximum Gasteiger partial charge on any atom is 0.220 e. The van der Waals surface area contributed by atoms with E-state index in [9.17, 15) is 4.79 Å². The number of hydrogen-bond acceptors (Lipinski definition) is 4. The van der Waals surface area contributed by atoms with E-state index in [1.54, 1.807) is 23.7 Å². The van der Waals surface area contributed by atoms with Crippen molar-refractivity contribution in [2.24, 2.45) is 0 Å². The zero-order chi connectivity index (χ0) is 16.1. The Morgan fingerprint density at radius 2 is 2.00 bits per heavy atom. The summed E-state index contributed by atoms with van der Waals surface area (Å²) in [5, 5.41) is 4.12. The van der Waals surface area contributed by atoms with Crippen LogP contribution in [-0.4, -0.2) is 15.9 Å². The summed E-state index contributed by atoms with van der Waals surface area (Å²) in [6.07, 6.45) is 5.66. The Kier molecular flexibility index (Phi) is 4.98. The van der Waals surface area contributed by atoms with E-state index in [0.717, 1.165) is 28.9 Å². The van der Waals surface area contributed by atoms with Gasteiger partial charge in [0.15, 0.2) is 0 Å². The van der Waals surface area contributed by atoms with Gasteiger partial charge in [0.25, 0.3) is 0 Å². The van der Waals surface area contributed by atoms with Gasteiger partial charge in [-0.15, -0.1) is 11.3 Å². The van der Waals surface area contributed by atoms with Crippen molar-refractivity contribution in [2.75, 3.05) is 0 Å². The molecule has 0 unspecified atom stereocenters. The quantitative estimate of drug-likeness (QED) is 0.748. The number of carbonyl (C=O) groups excluding carboxylic acids is 1. The molecule has 0 saturated heterocycles. The second kappa shape index (κ2) is 7.33. The molecule has 5 heteroatoms. The molecule has 0 bridgehead atoms. The van der Waals surface area contributed by atoms with Crippen molar-refractivity contribution >= 4 is 27.5 Å². The Bertz CT molecular complexity index is 752. The van der Waals surface area contributed by atoms with Crippen molar-refractivity contribution in [1.82, 2.24) is 15.3 Å². The largest absolute Gasteiger partial charge is 0.350 e. The van der Waals surface area contributed by atoms with Gasteiger partial charge in [-0.2, -0.15) is 0 Å². The van der Waals surface area contributed by atoms with Gasteiger partial charge in [-0.25, -0.2) is 4.98 Å². The monoisotopic (exact) mass is 325 g/mol. The molecule has 0 radical (unpaired) electrons. The maximum atomic E-state index is 12.0. The molecule has 0 saturated carbocycles. The van der Waals surface area contributed by atoms with Gasteiger partial charge in [-0.3, -0.25) is 9.78 Å². The molecule has 3 aromatic rings. The molecule has 0 aliphatic carbocycles. The fourth-order valence-corrected chi connectivity index (χ4v) is 3.49. The van der Waals surface area contributed by atoms with E-state index in [-0.39, 0.29) is 11.9 Å². The normalized spacial score (nSPS) is 12.2. The lowest BCUT2D eigenvalue weighted by atomic mass is 10.1. The van der Waals surface area contributed by atoms with Crippen molar-refractivity contribution in [3.05, 3.63) is 59.4 Å². The molecule has 118 valence electrons. The first kappa shape index (κ1) is 15.6. The maximum absolute atomic E-state index is 12.0. The number of hydrogen-bond donors (Lipinski definition) is 1. The first-order chi connectivity index (χ1) is 11.2. The highest BCUT2D eigenvalue weighted by Crippen LogP contribution is 2.22. The number of nitrogens with one attached hydrogen (secondary N) is 1. The molecule has 3 rings (SSSR count). The smallest absolute Gasteiger partial charge is 0.220 e. The van der Waals surface area contributed by atoms with E-state index >= 15 is 0 Å². The molecular weight excluding hydrogens is 306 g/mol. The number of aryl methyl sites for hydroxylation is 1. The molecule has 0 aliphatic heterocycles. The lowest BCUT2D eigenvalue weighted by Crippen LogP contribution is -2.26. The summed E-state index contributed by atoms with van der Waals surface area (Å²) in [4.78, 5) is 20.6. The molecule has 2 aromatic heterocycles. The van der Waals surface area contributed by atoms with E-state index in [0.29, 0.717) is 6.42 Å². The Morgan fingerprint density at radius 3 is 2.78 bits per heavy atom. The fourth-order valence-electron chi connectivity index (χ4n) is 2.48. The van der Waals surface area contributed by atoms with Crippen molar-refractivity contribution in [3.8, 4) is 0 Å². The van der Waals surface area contributed by atoms with Gasteiger partial charge < -0.3 is 5.32 Å². The molecule has 1 N–H and O–H groups in total. The number of rotatable bonds is 6. The van der Waals surface area contributed by atoms with Crippen LogP contribution in [0.2, 0.25) is 0 Å². The van der Waals surface area contributed by atoms with Crippen LogP contribution in [0.15, 0.2) is 48.8 Å². The van der Waals surface area contributed by atoms with Gasteiger partial charge in [-0.05, 0) is 49.6 Å². The predicted octanol–water partition coefficient (Wildman–Crippen LogP) is 3.89. The van der Waals surface area contributed by atoms with Gasteiger partial charge in [0.2, 0.25) is 5.91 Å². The van der Waals surface area contributed by atoms with Gasteiger partial charge >= 0.3 is 0 Å². The van der Waals surface area contributed by atoms with Crippen molar-refractivity contribution < 1.29 is 4.79 Å². The van der Waals surface area contributed by atoms with Gasteiger partial charge in [0, 0.05) is 18.8 Å². The number of pyridine rings is 1. The third-order valence-corrected chi connectivity index (χ3v) is 4.81. The van der Waals surface area contributed by atoms with Crippen LogP contribution in [-0.2, 0) is 11.2 Å². The van der Waals surface area contributed by atoms with E-state index in [2.05, 4.69) is 21.4 Å². The van der Waals surface area contributed by atoms with E-state index < -0.39 is 0 Å². The molecular formula is C18H19N3OS. The summed E-state index contributed by atoms with van der Waals surface area (Å²) in [5.74, 6) is 0.0791. The molecule has 23 heavy (non-hydrogen) atoms. The molecule has 0 fully saturated rings. The summed E-state index contributed by atoms with van der Waals surface area (Å²) in [6.45, 7) is 1.99. The zero-order valence-electron chi connectivity index (χ0n) is 13.0. The number of carbonyl (C=O) groups is 1. The summed E-state index contributed by atoms with van der Waals surface area (Å²) in [7, 11) is 0. The average molecular weight is 325 g/mol. The van der Waals surface area contributed by atoms with Crippen LogP contribution in [0.25, 0.3) is 10.2 Å². The van der Waals surface area contributed by atoms with Crippen LogP contribution in [0.4, 0.5) is 0 Å². The molecule has 0 spiro atoms. The second-order valence-electron chi connectivity index (χ2n) is 5.50. The minimum atomic E-state index is 0.00736. The second-order valence-corrected chi connectivity index (χ2v) is 6.61. The summed E-state index contributed by atoms with van der Waals surface area (Å²) < 4.78 is 1.21. The highest BCUT2D eigenvalue weighted by molar-refractivity contribution is 7.18. The predicted molar refractivity (Wildman–Crippen MR) is 93.4 cm³/mol. The summed E-state index contributed by atoms with van der Waals surface area (Å²) in [5.41, 5.74) is 2.11. The van der Waals surface area contributed by atoms with Crippen LogP contribution in [0.5, 0.6) is 0 Å². The highest BCUT2D eigenvalue weighted by Gasteiger charge is 2.10. The minimum Gasteiger partial charge on any atom is -0.350 e. The Hall–Kier alpha value is -2.27. The molecule has 0 aliphatic rings. The summed E-state index contributed by atoms with van der Waals surface area (Å²) >= 11 is 1.71. The number of amides is 1. The number of benzene rings is 1. The molecule has 1 aromatic carbocycles. The first-order valence-electron chi connectivity index (χ1n) is 7.76. The Morgan fingerprint density at radius 1 is 1.22 bits per heavy atom. The number of fused-ring (bicyclic) bond motifs is 1. The fraction of sp³-hybridized carbons (Fsp3) is 0.278. The average Bonchev–Trinajstić information content (AvgIpc) is 2.98. The zero-order valence-corrected chi connectivity index (χ0v) is 13.8. The van der Waals surface area contributed by atoms with Gasteiger partial charge in [0.1, 0.15) is 0 Å². The van der Waals surface area contributed by atoms with Crippen LogP contribution in [0.1, 0.15) is 36.4 Å². The topological polar surface area (TPSA) is 54.9 Å². The van der Waals surface area contributed by atoms with Gasteiger partial charge in [-0.1, -0.05) is 12.1 Å². The third kappa shape index (κ3) is 4.13. The summed E-state index contributed by atoms with van der Waals surface area (Å²) in [6, 6.07) is 12.0. The van der Waals surface area contributed by atoms with Crippen LogP contribution >= 0.6 is 11.3 Å². The van der Waals surface area contributed by atoms with Crippen LogP contribution in [0.3, 0.4) is 0 Å². The van der Waals surface area contributed by atoms with E-state index in [4.69, 9.17) is 0 Å². The standard InChI is InChI=1S/C18H19N3OS/c1-13(14-9-11-19-12-10-14)20-17(22)7-4-8-18-21-15-5-2-3-6-16(15)23-18/h2-3,5-6,9-13H,4,7-8H2,1H3,(H,20,22)/t13-/m0/s1. The first-order valence-corrected chi connectivity index (χ1v) is 8.58. The highest BCUT2D eigenvalue weighted by atomic mass is 32.1. The minimum absolute atomic E-state index is 0.00736.